The van der Waals surface area contributed by atoms with Gasteiger partial charge in [-0.2, -0.15) is 0 Å². The van der Waals surface area contributed by atoms with Gasteiger partial charge in [-0.05, 0) is 42.8 Å². The fourth-order valence-corrected chi connectivity index (χ4v) is 1.61. The molecule has 1 heterocycles. The van der Waals surface area contributed by atoms with Crippen LogP contribution in [0.5, 0.6) is 5.75 Å². The van der Waals surface area contributed by atoms with Gasteiger partial charge in [-0.25, -0.2) is 9.78 Å². The number of hydrogen-bond acceptors (Lipinski definition) is 3. The van der Waals surface area contributed by atoms with E-state index in [0.29, 0.717) is 5.82 Å². The van der Waals surface area contributed by atoms with E-state index in [-0.39, 0.29) is 6.03 Å². The van der Waals surface area contributed by atoms with E-state index in [4.69, 9.17) is 4.74 Å². The van der Waals surface area contributed by atoms with Crippen LogP contribution in [0.3, 0.4) is 0 Å². The molecule has 0 fully saturated rings. The highest BCUT2D eigenvalue weighted by molar-refractivity contribution is 5.99. The number of anilines is 2. The zero-order valence-electron chi connectivity index (χ0n) is 10.8. The number of methoxy groups -OCH3 is 1. The second kappa shape index (κ2) is 5.86. The van der Waals surface area contributed by atoms with Crippen LogP contribution in [-0.2, 0) is 0 Å². The Balaban J connectivity index is 2.03. The van der Waals surface area contributed by atoms with Gasteiger partial charge in [0.1, 0.15) is 11.6 Å². The lowest BCUT2D eigenvalue weighted by atomic mass is 10.2. The number of nitrogens with zero attached hydrogens (tertiary/aromatic N) is 1. The van der Waals surface area contributed by atoms with E-state index in [1.54, 1.807) is 43.6 Å². The molecule has 5 nitrogen and oxygen atoms in total. The van der Waals surface area contributed by atoms with Gasteiger partial charge in [0, 0.05) is 11.9 Å². The molecule has 98 valence electrons. The molecule has 1 aromatic heterocycles. The van der Waals surface area contributed by atoms with E-state index in [0.717, 1.165) is 17.0 Å². The molecule has 0 aliphatic carbocycles. The highest BCUT2D eigenvalue weighted by Crippen LogP contribution is 2.21. The van der Waals surface area contributed by atoms with E-state index >= 15 is 0 Å². The molecule has 2 rings (SSSR count). The van der Waals surface area contributed by atoms with Gasteiger partial charge in [0.2, 0.25) is 0 Å². The maximum Gasteiger partial charge on any atom is 0.324 e. The minimum absolute atomic E-state index is 0.327. The first-order valence-corrected chi connectivity index (χ1v) is 5.83. The van der Waals surface area contributed by atoms with Gasteiger partial charge in [0.25, 0.3) is 0 Å². The fraction of sp³-hybridized carbons (Fsp3) is 0.143. The maximum atomic E-state index is 11.8. The van der Waals surface area contributed by atoms with Gasteiger partial charge in [0.15, 0.2) is 0 Å². The summed E-state index contributed by atoms with van der Waals surface area (Å²) in [5.74, 6) is 1.26. The molecule has 0 saturated carbocycles. The number of ether oxygens (including phenoxy) is 1. The monoisotopic (exact) mass is 257 g/mol. The lowest BCUT2D eigenvalue weighted by Crippen LogP contribution is -2.20. The molecule has 0 saturated heterocycles. The molecule has 0 aliphatic rings. The van der Waals surface area contributed by atoms with Gasteiger partial charge in [-0.1, -0.05) is 6.07 Å². The normalized spacial score (nSPS) is 9.79. The van der Waals surface area contributed by atoms with E-state index < -0.39 is 0 Å². The van der Waals surface area contributed by atoms with Crippen molar-refractivity contribution in [2.24, 2.45) is 0 Å². The van der Waals surface area contributed by atoms with Crippen molar-refractivity contribution in [2.75, 3.05) is 17.7 Å². The van der Waals surface area contributed by atoms with Gasteiger partial charge >= 0.3 is 6.03 Å². The molecular formula is C14H15N3O2. The Hall–Kier alpha value is -2.56. The van der Waals surface area contributed by atoms with Crippen molar-refractivity contribution in [3.8, 4) is 5.75 Å². The lowest BCUT2D eigenvalue weighted by Gasteiger charge is -2.10. The number of carbonyl (C=O) groups is 1. The number of aryl methyl sites for hydroxylation is 1. The summed E-state index contributed by atoms with van der Waals surface area (Å²) in [5.41, 5.74) is 1.66. The molecule has 0 radical (unpaired) electrons. The maximum absolute atomic E-state index is 11.8. The van der Waals surface area contributed by atoms with Crippen LogP contribution in [0.1, 0.15) is 5.56 Å². The van der Waals surface area contributed by atoms with Gasteiger partial charge in [-0.3, -0.25) is 5.32 Å². The quantitative estimate of drug-likeness (QED) is 0.888. The number of hydrogen-bond donors (Lipinski definition) is 2. The molecule has 0 spiro atoms. The third kappa shape index (κ3) is 3.45. The molecule has 1 aromatic carbocycles. The largest absolute Gasteiger partial charge is 0.497 e. The number of amides is 2. The summed E-state index contributed by atoms with van der Waals surface area (Å²) < 4.78 is 5.11. The highest BCUT2D eigenvalue weighted by atomic mass is 16.5. The van der Waals surface area contributed by atoms with Crippen LogP contribution < -0.4 is 15.4 Å². The Morgan fingerprint density at radius 3 is 2.68 bits per heavy atom. The molecule has 0 atom stereocenters. The van der Waals surface area contributed by atoms with Crippen LogP contribution in [0, 0.1) is 6.92 Å². The molecule has 0 unspecified atom stereocenters. The van der Waals surface area contributed by atoms with E-state index in [9.17, 15) is 4.79 Å². The Labute approximate surface area is 111 Å². The van der Waals surface area contributed by atoms with Crippen molar-refractivity contribution < 1.29 is 9.53 Å². The first-order valence-electron chi connectivity index (χ1n) is 5.83. The summed E-state index contributed by atoms with van der Waals surface area (Å²) in [6, 6.07) is 10.4. The van der Waals surface area contributed by atoms with Crippen LogP contribution in [-0.4, -0.2) is 18.1 Å². The third-order valence-electron chi connectivity index (χ3n) is 2.59. The molecular weight excluding hydrogens is 242 g/mol. The van der Waals surface area contributed by atoms with Crippen molar-refractivity contribution in [3.63, 3.8) is 0 Å². The Bertz CT molecular complexity index is 570. The zero-order valence-corrected chi connectivity index (χ0v) is 10.8. The van der Waals surface area contributed by atoms with E-state index in [1.807, 2.05) is 13.0 Å². The standard InChI is InChI=1S/C14H15N3O2/c1-10-9-11(19-2)6-7-12(10)16-14(18)17-13-5-3-4-8-15-13/h3-9H,1-2H3,(H2,15,16,17,18). The highest BCUT2D eigenvalue weighted by Gasteiger charge is 2.06. The number of urea groups is 1. The first kappa shape index (κ1) is 12.9. The average Bonchev–Trinajstić information content (AvgIpc) is 2.42. The van der Waals surface area contributed by atoms with Gasteiger partial charge < -0.3 is 10.1 Å². The van der Waals surface area contributed by atoms with E-state index in [2.05, 4.69) is 15.6 Å². The van der Waals surface area contributed by atoms with Crippen molar-refractivity contribution in [2.45, 2.75) is 6.92 Å². The molecule has 2 aromatic rings. The summed E-state index contributed by atoms with van der Waals surface area (Å²) in [5, 5.41) is 5.42. The molecule has 2 amide bonds. The summed E-state index contributed by atoms with van der Waals surface area (Å²) >= 11 is 0. The van der Waals surface area contributed by atoms with Crippen molar-refractivity contribution in [1.82, 2.24) is 4.98 Å². The third-order valence-corrected chi connectivity index (χ3v) is 2.59. The lowest BCUT2D eigenvalue weighted by molar-refractivity contribution is 0.262. The van der Waals surface area contributed by atoms with Gasteiger partial charge in [-0.15, -0.1) is 0 Å². The zero-order chi connectivity index (χ0) is 13.7. The first-order chi connectivity index (χ1) is 9.19. The van der Waals surface area contributed by atoms with Crippen LogP contribution in [0.25, 0.3) is 0 Å². The Morgan fingerprint density at radius 2 is 2.05 bits per heavy atom. The fourth-order valence-electron chi connectivity index (χ4n) is 1.61. The summed E-state index contributed by atoms with van der Waals surface area (Å²) in [6.07, 6.45) is 1.62. The topological polar surface area (TPSA) is 63.2 Å². The number of carbonyl (C=O) groups excluding carboxylic acids is 1. The number of pyridine rings is 1. The molecule has 2 N–H and O–H groups in total. The molecule has 0 aliphatic heterocycles. The number of benzene rings is 1. The molecule has 5 heteroatoms. The Morgan fingerprint density at radius 1 is 1.21 bits per heavy atom. The summed E-state index contributed by atoms with van der Waals surface area (Å²) in [4.78, 5) is 15.8. The van der Waals surface area contributed by atoms with Crippen LogP contribution in [0.4, 0.5) is 16.3 Å². The van der Waals surface area contributed by atoms with Crippen molar-refractivity contribution in [1.29, 1.82) is 0 Å². The summed E-state index contributed by atoms with van der Waals surface area (Å²) in [7, 11) is 1.61. The summed E-state index contributed by atoms with van der Waals surface area (Å²) in [6.45, 7) is 1.90. The smallest absolute Gasteiger partial charge is 0.324 e. The average molecular weight is 257 g/mol. The predicted octanol–water partition coefficient (Wildman–Crippen LogP) is 3.04. The molecule has 0 bridgehead atoms. The minimum atomic E-state index is -0.327. The van der Waals surface area contributed by atoms with Crippen LogP contribution in [0.15, 0.2) is 42.6 Å². The number of aromatic nitrogens is 1. The number of nitrogens with one attached hydrogen (secondary N) is 2. The minimum Gasteiger partial charge on any atom is -0.497 e. The molecule has 19 heavy (non-hydrogen) atoms. The van der Waals surface area contributed by atoms with Crippen molar-refractivity contribution in [3.05, 3.63) is 48.2 Å². The second-order valence-electron chi connectivity index (χ2n) is 3.97. The van der Waals surface area contributed by atoms with Crippen LogP contribution in [0.2, 0.25) is 0 Å². The Kier molecular flexibility index (Phi) is 3.97. The SMILES string of the molecule is COc1ccc(NC(=O)Nc2ccccn2)c(C)c1. The van der Waals surface area contributed by atoms with Gasteiger partial charge in [0.05, 0.1) is 7.11 Å². The van der Waals surface area contributed by atoms with Crippen molar-refractivity contribution >= 4 is 17.5 Å². The van der Waals surface area contributed by atoms with Crippen LogP contribution >= 0.6 is 0 Å². The van der Waals surface area contributed by atoms with E-state index in [1.165, 1.54) is 0 Å². The predicted molar refractivity (Wildman–Crippen MR) is 74.6 cm³/mol. The number of rotatable bonds is 3. The second-order valence-corrected chi connectivity index (χ2v) is 3.97.